The number of methoxy groups -OCH3 is 2. The van der Waals surface area contributed by atoms with E-state index in [2.05, 4.69) is 4.74 Å². The number of carbonyl (C=O) groups is 1. The summed E-state index contributed by atoms with van der Waals surface area (Å²) in [5, 5.41) is 0. The Balaban J connectivity index is 2.65. The van der Waals surface area contributed by atoms with E-state index in [9.17, 15) is 26.4 Å². The molecule has 0 saturated carbocycles. The number of halogens is 3. The number of benzene rings is 2. The Morgan fingerprint density at radius 1 is 1.07 bits per heavy atom. The van der Waals surface area contributed by atoms with Crippen LogP contribution in [-0.4, -0.2) is 41.9 Å². The number of alkyl halides is 3. The number of anilines is 1. The number of esters is 1. The lowest BCUT2D eigenvalue weighted by Crippen LogP contribution is -2.36. The van der Waals surface area contributed by atoms with Gasteiger partial charge in [-0.1, -0.05) is 18.2 Å². The summed E-state index contributed by atoms with van der Waals surface area (Å²) in [5.74, 6) is -1.34. The van der Waals surface area contributed by atoms with Crippen LogP contribution in [0.4, 0.5) is 18.9 Å². The van der Waals surface area contributed by atoms with Crippen LogP contribution in [0.3, 0.4) is 0 Å². The van der Waals surface area contributed by atoms with Gasteiger partial charge in [-0.15, -0.1) is 0 Å². The van der Waals surface area contributed by atoms with Gasteiger partial charge in [0.05, 0.1) is 23.3 Å². The fourth-order valence-corrected chi connectivity index (χ4v) is 3.78. The third-order valence-electron chi connectivity index (χ3n) is 3.72. The molecule has 0 aliphatic carbocycles. The van der Waals surface area contributed by atoms with E-state index in [0.29, 0.717) is 16.4 Å². The normalized spacial score (nSPS) is 11.8. The number of hydrogen-bond acceptors (Lipinski definition) is 6. The summed E-state index contributed by atoms with van der Waals surface area (Å²) in [6, 6.07) is 9.36. The third kappa shape index (κ3) is 5.39. The molecule has 0 N–H and O–H groups in total. The molecule has 29 heavy (non-hydrogen) atoms. The molecule has 0 unspecified atom stereocenters. The van der Waals surface area contributed by atoms with E-state index < -0.39 is 46.8 Å². The highest BCUT2D eigenvalue weighted by Crippen LogP contribution is 2.38. The molecule has 2 aromatic carbocycles. The van der Waals surface area contributed by atoms with Gasteiger partial charge in [-0.25, -0.2) is 8.42 Å². The summed E-state index contributed by atoms with van der Waals surface area (Å²) in [6.45, 7) is -1.21. The second kappa shape index (κ2) is 9.14. The van der Waals surface area contributed by atoms with Crippen LogP contribution < -0.4 is 9.04 Å². The Kier molecular flexibility index (Phi) is 7.09. The van der Waals surface area contributed by atoms with Crippen molar-refractivity contribution in [2.24, 2.45) is 0 Å². The molecule has 0 spiro atoms. The molecular weight excluding hydrogens is 415 g/mol. The Hall–Kier alpha value is -2.79. The number of sulfonamides is 1. The predicted octanol–water partition coefficient (Wildman–Crippen LogP) is 3.06. The van der Waals surface area contributed by atoms with Gasteiger partial charge in [-0.2, -0.15) is 13.2 Å². The minimum absolute atomic E-state index is 0.165. The molecule has 0 aliphatic heterocycles. The monoisotopic (exact) mass is 433 g/mol. The van der Waals surface area contributed by atoms with Gasteiger partial charge in [-0.05, 0) is 30.3 Å². The predicted molar refractivity (Wildman–Crippen MR) is 96.9 cm³/mol. The lowest BCUT2D eigenvalue weighted by atomic mass is 10.2. The van der Waals surface area contributed by atoms with Crippen LogP contribution >= 0.6 is 0 Å². The van der Waals surface area contributed by atoms with Gasteiger partial charge < -0.3 is 14.2 Å². The molecule has 7 nitrogen and oxygen atoms in total. The van der Waals surface area contributed by atoms with Gasteiger partial charge in [0.15, 0.2) is 6.79 Å². The van der Waals surface area contributed by atoms with Crippen LogP contribution in [0, 0.1) is 0 Å². The first-order valence-electron chi connectivity index (χ1n) is 8.09. The standard InChI is InChI=1S/C18H18F3NO6S/c1-26-12-28-16-10-13(18(19,20)21)8-9-15(16)22(11-17(23)27-2)29(24,25)14-6-4-3-5-7-14/h3-10H,11-12H2,1-2H3. The molecule has 2 rings (SSSR count). The maximum Gasteiger partial charge on any atom is 0.416 e. The average molecular weight is 433 g/mol. The van der Waals surface area contributed by atoms with E-state index in [0.717, 1.165) is 13.2 Å². The summed E-state index contributed by atoms with van der Waals surface area (Å²) in [4.78, 5) is 11.7. The van der Waals surface area contributed by atoms with E-state index >= 15 is 0 Å². The lowest BCUT2D eigenvalue weighted by molar-refractivity contribution is -0.139. The average Bonchev–Trinajstić information content (AvgIpc) is 2.70. The summed E-state index contributed by atoms with van der Waals surface area (Å²) in [6.07, 6.45) is -4.69. The first kappa shape index (κ1) is 22.5. The van der Waals surface area contributed by atoms with E-state index in [1.807, 2.05) is 0 Å². The largest absolute Gasteiger partial charge is 0.468 e. The third-order valence-corrected chi connectivity index (χ3v) is 5.49. The Morgan fingerprint density at radius 2 is 1.72 bits per heavy atom. The zero-order chi connectivity index (χ0) is 21.7. The number of hydrogen-bond donors (Lipinski definition) is 0. The van der Waals surface area contributed by atoms with Crippen LogP contribution in [-0.2, 0) is 30.5 Å². The number of nitrogens with zero attached hydrogens (tertiary/aromatic N) is 1. The Labute approximate surface area is 165 Å². The Bertz CT molecular complexity index is 948. The number of carbonyl (C=O) groups excluding carboxylic acids is 1. The van der Waals surface area contributed by atoms with Gasteiger partial charge in [0.1, 0.15) is 12.3 Å². The van der Waals surface area contributed by atoms with Crippen molar-refractivity contribution in [3.05, 3.63) is 54.1 Å². The summed E-state index contributed by atoms with van der Waals surface area (Å²) in [5.41, 5.74) is -1.33. The second-order valence-corrected chi connectivity index (χ2v) is 7.49. The van der Waals surface area contributed by atoms with Gasteiger partial charge in [0, 0.05) is 7.11 Å². The van der Waals surface area contributed by atoms with E-state index in [1.165, 1.54) is 31.4 Å². The molecule has 2 aromatic rings. The highest BCUT2D eigenvalue weighted by molar-refractivity contribution is 7.92. The first-order valence-corrected chi connectivity index (χ1v) is 9.53. The SMILES string of the molecule is COCOc1cc(C(F)(F)F)ccc1N(CC(=O)OC)S(=O)(=O)c1ccccc1. The van der Waals surface area contributed by atoms with Crippen LogP contribution in [0.2, 0.25) is 0 Å². The van der Waals surface area contributed by atoms with Crippen molar-refractivity contribution >= 4 is 21.7 Å². The number of rotatable bonds is 8. The molecule has 0 saturated heterocycles. The summed E-state index contributed by atoms with van der Waals surface area (Å²) < 4.78 is 80.5. The van der Waals surface area contributed by atoms with Crippen molar-refractivity contribution in [3.63, 3.8) is 0 Å². The molecule has 0 fully saturated rings. The molecule has 0 aromatic heterocycles. The molecule has 0 heterocycles. The van der Waals surface area contributed by atoms with Crippen LogP contribution in [0.5, 0.6) is 5.75 Å². The molecule has 0 amide bonds. The van der Waals surface area contributed by atoms with E-state index in [1.54, 1.807) is 6.07 Å². The van der Waals surface area contributed by atoms with Crippen LogP contribution in [0.1, 0.15) is 5.56 Å². The molecular formula is C18H18F3NO6S. The molecule has 0 atom stereocenters. The minimum Gasteiger partial charge on any atom is -0.468 e. The fourth-order valence-electron chi connectivity index (χ4n) is 2.34. The van der Waals surface area contributed by atoms with Gasteiger partial charge in [-0.3, -0.25) is 9.10 Å². The Morgan fingerprint density at radius 3 is 2.28 bits per heavy atom. The van der Waals surface area contributed by atoms with Gasteiger partial charge in [0.25, 0.3) is 10.0 Å². The van der Waals surface area contributed by atoms with Crippen molar-refractivity contribution in [3.8, 4) is 5.75 Å². The maximum absolute atomic E-state index is 13.1. The highest BCUT2D eigenvalue weighted by atomic mass is 32.2. The molecule has 158 valence electrons. The quantitative estimate of drug-likeness (QED) is 0.470. The van der Waals surface area contributed by atoms with E-state index in [4.69, 9.17) is 9.47 Å². The molecule has 0 radical (unpaired) electrons. The van der Waals surface area contributed by atoms with Crippen molar-refractivity contribution in [2.45, 2.75) is 11.1 Å². The summed E-state index contributed by atoms with van der Waals surface area (Å²) >= 11 is 0. The lowest BCUT2D eigenvalue weighted by Gasteiger charge is -2.26. The van der Waals surface area contributed by atoms with Crippen LogP contribution in [0.25, 0.3) is 0 Å². The number of ether oxygens (including phenoxy) is 3. The summed E-state index contributed by atoms with van der Waals surface area (Å²) in [7, 11) is -2.01. The van der Waals surface area contributed by atoms with Crippen molar-refractivity contribution in [2.75, 3.05) is 31.9 Å². The van der Waals surface area contributed by atoms with E-state index in [-0.39, 0.29) is 10.6 Å². The van der Waals surface area contributed by atoms with Crippen LogP contribution in [0.15, 0.2) is 53.4 Å². The van der Waals surface area contributed by atoms with Gasteiger partial charge >= 0.3 is 12.1 Å². The zero-order valence-electron chi connectivity index (χ0n) is 15.5. The zero-order valence-corrected chi connectivity index (χ0v) is 16.3. The fraction of sp³-hybridized carbons (Fsp3) is 0.278. The van der Waals surface area contributed by atoms with Crippen molar-refractivity contribution < 1.29 is 40.6 Å². The van der Waals surface area contributed by atoms with Crippen molar-refractivity contribution in [1.82, 2.24) is 0 Å². The van der Waals surface area contributed by atoms with Gasteiger partial charge in [0.2, 0.25) is 0 Å². The smallest absolute Gasteiger partial charge is 0.416 e. The molecule has 11 heteroatoms. The second-order valence-electron chi connectivity index (χ2n) is 5.63. The minimum atomic E-state index is -4.69. The highest BCUT2D eigenvalue weighted by Gasteiger charge is 2.34. The molecule has 0 aliphatic rings. The first-order chi connectivity index (χ1) is 13.6. The van der Waals surface area contributed by atoms with Crippen molar-refractivity contribution in [1.29, 1.82) is 0 Å². The molecule has 0 bridgehead atoms. The maximum atomic E-state index is 13.1. The topological polar surface area (TPSA) is 82.1 Å².